The maximum atomic E-state index is 12.9. The Morgan fingerprint density at radius 1 is 0.950 bits per heavy atom. The van der Waals surface area contributed by atoms with Crippen molar-refractivity contribution >= 4 is 5.69 Å². The molecule has 20 heavy (non-hydrogen) atoms. The molecule has 0 amide bonds. The number of hydrogen-bond acceptors (Lipinski definition) is 2. The lowest BCUT2D eigenvalue weighted by molar-refractivity contribution is -0.138. The maximum absolute atomic E-state index is 12.9. The third-order valence-corrected chi connectivity index (χ3v) is 2.79. The zero-order chi connectivity index (χ0) is 14.6. The van der Waals surface area contributed by atoms with Crippen LogP contribution in [0.2, 0.25) is 0 Å². The summed E-state index contributed by atoms with van der Waals surface area (Å²) in [5.41, 5.74) is -0.280. The highest BCUT2D eigenvalue weighted by Gasteiger charge is 2.35. The van der Waals surface area contributed by atoms with Crippen molar-refractivity contribution in [3.63, 3.8) is 0 Å². The second-order valence-corrected chi connectivity index (χ2v) is 4.16. The molecule has 0 aliphatic heterocycles. The molecule has 0 spiro atoms. The number of nitrogens with one attached hydrogen (secondary N) is 1. The molecule has 1 N–H and O–H groups in total. The summed E-state index contributed by atoms with van der Waals surface area (Å²) in [5, 5.41) is 11.9. The highest BCUT2D eigenvalue weighted by atomic mass is 19.4. The lowest BCUT2D eigenvalue weighted by Gasteiger charge is -2.18. The minimum absolute atomic E-state index is 0.0775. The normalized spacial score (nSPS) is 12.5. The number of benzene rings is 2. The fourth-order valence-corrected chi connectivity index (χ4v) is 1.89. The molecular formula is C15H11F3N2. The van der Waals surface area contributed by atoms with Crippen LogP contribution in [-0.4, -0.2) is 0 Å². The molecule has 0 radical (unpaired) electrons. The molecule has 0 bridgehead atoms. The van der Waals surface area contributed by atoms with Gasteiger partial charge in [-0.1, -0.05) is 36.4 Å². The number of nitrogens with zero attached hydrogens (tertiary/aromatic N) is 1. The first kappa shape index (κ1) is 13.9. The van der Waals surface area contributed by atoms with Crippen LogP contribution in [0.1, 0.15) is 17.2 Å². The number of nitriles is 1. The molecule has 0 heterocycles. The second kappa shape index (κ2) is 5.66. The number of halogens is 3. The molecule has 0 fully saturated rings. The van der Waals surface area contributed by atoms with E-state index in [1.165, 1.54) is 18.2 Å². The summed E-state index contributed by atoms with van der Waals surface area (Å²) in [6, 6.07) is 14.6. The summed E-state index contributed by atoms with van der Waals surface area (Å²) in [6.07, 6.45) is -4.48. The number of rotatable bonds is 3. The molecule has 1 atom stereocenters. The predicted octanol–water partition coefficient (Wildman–Crippen LogP) is 4.38. The van der Waals surface area contributed by atoms with E-state index in [4.69, 9.17) is 5.26 Å². The van der Waals surface area contributed by atoms with Gasteiger partial charge in [-0.05, 0) is 18.2 Å². The van der Waals surface area contributed by atoms with E-state index in [1.54, 1.807) is 30.3 Å². The smallest absolute Gasteiger partial charge is 0.366 e. The Hall–Kier alpha value is -2.48. The van der Waals surface area contributed by atoms with Crippen molar-refractivity contribution in [2.75, 3.05) is 5.32 Å². The lowest BCUT2D eigenvalue weighted by atomic mass is 10.0. The largest absolute Gasteiger partial charge is 0.416 e. The molecule has 1 unspecified atom stereocenters. The van der Waals surface area contributed by atoms with Crippen LogP contribution in [-0.2, 0) is 6.18 Å². The van der Waals surface area contributed by atoms with Crippen molar-refractivity contribution in [1.82, 2.24) is 0 Å². The fraction of sp³-hybridized carbons (Fsp3) is 0.133. The SMILES string of the molecule is N#CC(Nc1ccccc1)c1ccccc1C(F)(F)F. The van der Waals surface area contributed by atoms with Crippen molar-refractivity contribution in [3.8, 4) is 6.07 Å². The molecule has 0 aliphatic carbocycles. The van der Waals surface area contributed by atoms with E-state index in [1.807, 2.05) is 6.07 Å². The zero-order valence-corrected chi connectivity index (χ0v) is 10.4. The standard InChI is InChI=1S/C15H11F3N2/c16-15(17,18)13-9-5-4-8-12(13)14(10-19)20-11-6-2-1-3-7-11/h1-9,14,20H. The first-order valence-electron chi connectivity index (χ1n) is 5.89. The van der Waals surface area contributed by atoms with E-state index in [9.17, 15) is 13.2 Å². The average molecular weight is 276 g/mol. The van der Waals surface area contributed by atoms with Crippen LogP contribution < -0.4 is 5.32 Å². The molecule has 0 saturated heterocycles. The van der Waals surface area contributed by atoms with Gasteiger partial charge in [-0.3, -0.25) is 0 Å². The number of alkyl halides is 3. The molecule has 5 heteroatoms. The summed E-state index contributed by atoms with van der Waals surface area (Å²) in [6.45, 7) is 0. The summed E-state index contributed by atoms with van der Waals surface area (Å²) in [7, 11) is 0. The van der Waals surface area contributed by atoms with Gasteiger partial charge in [0.25, 0.3) is 0 Å². The Balaban J connectivity index is 2.36. The summed E-state index contributed by atoms with van der Waals surface area (Å²) in [4.78, 5) is 0. The molecule has 0 saturated carbocycles. The monoisotopic (exact) mass is 276 g/mol. The first-order valence-corrected chi connectivity index (χ1v) is 5.89. The molecule has 2 rings (SSSR count). The van der Waals surface area contributed by atoms with Gasteiger partial charge >= 0.3 is 6.18 Å². The van der Waals surface area contributed by atoms with Gasteiger partial charge in [0.2, 0.25) is 0 Å². The molecule has 0 aromatic heterocycles. The minimum Gasteiger partial charge on any atom is -0.366 e. The Morgan fingerprint density at radius 2 is 1.55 bits per heavy atom. The molecule has 102 valence electrons. The van der Waals surface area contributed by atoms with Crippen LogP contribution in [0.25, 0.3) is 0 Å². The highest BCUT2D eigenvalue weighted by molar-refractivity contribution is 5.49. The van der Waals surface area contributed by atoms with E-state index in [2.05, 4.69) is 5.32 Å². The molecule has 2 aromatic carbocycles. The van der Waals surface area contributed by atoms with Crippen molar-refractivity contribution in [2.24, 2.45) is 0 Å². The average Bonchev–Trinajstić information content (AvgIpc) is 2.45. The van der Waals surface area contributed by atoms with E-state index < -0.39 is 17.8 Å². The summed E-state index contributed by atoms with van der Waals surface area (Å²) in [5.74, 6) is 0. The Bertz CT molecular complexity index is 615. The van der Waals surface area contributed by atoms with E-state index in [-0.39, 0.29) is 5.56 Å². The van der Waals surface area contributed by atoms with Crippen molar-refractivity contribution in [3.05, 3.63) is 65.7 Å². The van der Waals surface area contributed by atoms with Crippen LogP contribution in [0.4, 0.5) is 18.9 Å². The van der Waals surface area contributed by atoms with Gasteiger partial charge in [0.1, 0.15) is 6.04 Å². The number of hydrogen-bond donors (Lipinski definition) is 1. The van der Waals surface area contributed by atoms with Gasteiger partial charge in [0, 0.05) is 11.3 Å². The number of para-hydroxylation sites is 1. The third-order valence-electron chi connectivity index (χ3n) is 2.79. The Morgan fingerprint density at radius 3 is 2.15 bits per heavy atom. The van der Waals surface area contributed by atoms with Gasteiger partial charge in [-0.25, -0.2) is 0 Å². The maximum Gasteiger partial charge on any atom is 0.416 e. The predicted molar refractivity (Wildman–Crippen MR) is 69.9 cm³/mol. The third kappa shape index (κ3) is 3.09. The topological polar surface area (TPSA) is 35.8 Å². The number of anilines is 1. The molecule has 2 aromatic rings. The summed E-state index contributed by atoms with van der Waals surface area (Å²) < 4.78 is 38.8. The van der Waals surface area contributed by atoms with Crippen LogP contribution in [0, 0.1) is 11.3 Å². The van der Waals surface area contributed by atoms with E-state index in [0.29, 0.717) is 5.69 Å². The Kier molecular flexibility index (Phi) is 3.94. The second-order valence-electron chi connectivity index (χ2n) is 4.16. The van der Waals surface area contributed by atoms with Gasteiger partial charge in [-0.2, -0.15) is 18.4 Å². The van der Waals surface area contributed by atoms with Crippen LogP contribution in [0.3, 0.4) is 0 Å². The lowest BCUT2D eigenvalue weighted by Crippen LogP contribution is -2.16. The molecule has 0 aliphatic rings. The Labute approximate surface area is 114 Å². The van der Waals surface area contributed by atoms with Gasteiger partial charge in [0.15, 0.2) is 0 Å². The first-order chi connectivity index (χ1) is 9.52. The molecular weight excluding hydrogens is 265 g/mol. The van der Waals surface area contributed by atoms with E-state index >= 15 is 0 Å². The van der Waals surface area contributed by atoms with Gasteiger partial charge in [-0.15, -0.1) is 0 Å². The van der Waals surface area contributed by atoms with Gasteiger partial charge in [0.05, 0.1) is 11.6 Å². The summed E-state index contributed by atoms with van der Waals surface area (Å²) >= 11 is 0. The van der Waals surface area contributed by atoms with E-state index in [0.717, 1.165) is 6.07 Å². The quantitative estimate of drug-likeness (QED) is 0.902. The van der Waals surface area contributed by atoms with Crippen LogP contribution in [0.5, 0.6) is 0 Å². The molecule has 2 nitrogen and oxygen atoms in total. The minimum atomic E-state index is -4.48. The van der Waals surface area contributed by atoms with Crippen molar-refractivity contribution in [2.45, 2.75) is 12.2 Å². The van der Waals surface area contributed by atoms with Crippen molar-refractivity contribution < 1.29 is 13.2 Å². The van der Waals surface area contributed by atoms with Crippen LogP contribution in [0.15, 0.2) is 54.6 Å². The zero-order valence-electron chi connectivity index (χ0n) is 10.4. The fourth-order valence-electron chi connectivity index (χ4n) is 1.89. The van der Waals surface area contributed by atoms with Gasteiger partial charge < -0.3 is 5.32 Å². The highest BCUT2D eigenvalue weighted by Crippen LogP contribution is 2.35. The van der Waals surface area contributed by atoms with Crippen molar-refractivity contribution in [1.29, 1.82) is 5.26 Å². The van der Waals surface area contributed by atoms with Crippen LogP contribution >= 0.6 is 0 Å².